The minimum atomic E-state index is -0.750. The standard InChI is InChI=1S/C2H2.O2S/c1-2;1-3-2/h1-2H;. The Morgan fingerprint density at radius 1 is 1.20 bits per heavy atom. The van der Waals surface area contributed by atoms with Crippen LogP contribution < -0.4 is 0 Å². The molecule has 2 nitrogen and oxygen atoms in total. The molecule has 0 bridgehead atoms. The van der Waals surface area contributed by atoms with E-state index >= 15 is 0 Å². The van der Waals surface area contributed by atoms with E-state index in [0.29, 0.717) is 0 Å². The third kappa shape index (κ3) is 16.7. The van der Waals surface area contributed by atoms with Crippen LogP contribution in [-0.4, -0.2) is 8.42 Å². The summed E-state index contributed by atoms with van der Waals surface area (Å²) in [7, 11) is 0. The van der Waals surface area contributed by atoms with Crippen LogP contribution in [0.1, 0.15) is 0 Å². The molecule has 0 saturated carbocycles. The van der Waals surface area contributed by atoms with Gasteiger partial charge in [-0.25, -0.2) is 0 Å². The van der Waals surface area contributed by atoms with Gasteiger partial charge in [-0.15, -0.1) is 12.8 Å². The fourth-order valence-electron chi connectivity index (χ4n) is 0. The topological polar surface area (TPSA) is 34.1 Å². The number of hydrogen-bond donors (Lipinski definition) is 0. The van der Waals surface area contributed by atoms with Crippen LogP contribution in [-0.2, 0) is 11.6 Å². The molecule has 0 aliphatic carbocycles. The van der Waals surface area contributed by atoms with Crippen molar-refractivity contribution in [3.05, 3.63) is 0 Å². The van der Waals surface area contributed by atoms with Crippen LogP contribution in [0.3, 0.4) is 0 Å². The fourth-order valence-corrected chi connectivity index (χ4v) is 0. The molecular weight excluding hydrogens is 88.1 g/mol. The Balaban J connectivity index is 0. The van der Waals surface area contributed by atoms with E-state index in [1.54, 1.807) is 0 Å². The maximum atomic E-state index is 8.29. The molecule has 5 heavy (non-hydrogen) atoms. The summed E-state index contributed by atoms with van der Waals surface area (Å²) >= 11 is -0.750. The third-order valence-electron chi connectivity index (χ3n) is 0. The van der Waals surface area contributed by atoms with E-state index in [1.165, 1.54) is 0 Å². The van der Waals surface area contributed by atoms with Gasteiger partial charge < -0.3 is 0 Å². The van der Waals surface area contributed by atoms with Gasteiger partial charge in [0, 0.05) is 0 Å². The van der Waals surface area contributed by atoms with Crippen LogP contribution in [0.25, 0.3) is 0 Å². The second-order valence-electron chi connectivity index (χ2n) is 0.0680. The minimum Gasteiger partial charge on any atom is -0.168 e. The zero-order valence-corrected chi connectivity index (χ0v) is 3.20. The second-order valence-corrected chi connectivity index (χ2v) is 0.204. The quantitative estimate of drug-likeness (QED) is 0.378. The van der Waals surface area contributed by atoms with Crippen LogP contribution in [0.4, 0.5) is 0 Å². The highest BCUT2D eigenvalue weighted by atomic mass is 32.1. The van der Waals surface area contributed by atoms with Crippen LogP contribution >= 0.6 is 0 Å². The van der Waals surface area contributed by atoms with E-state index in [1.807, 2.05) is 0 Å². The van der Waals surface area contributed by atoms with Gasteiger partial charge in [0.25, 0.3) is 0 Å². The van der Waals surface area contributed by atoms with E-state index in [0.717, 1.165) is 0 Å². The molecular formula is C2H2O2S. The molecule has 0 unspecified atom stereocenters. The summed E-state index contributed by atoms with van der Waals surface area (Å²) in [6.45, 7) is 0. The molecule has 0 aromatic carbocycles. The first-order valence-electron chi connectivity index (χ1n) is 0.667. The molecule has 0 aromatic heterocycles. The highest BCUT2D eigenvalue weighted by molar-refractivity contribution is 7.51. The third-order valence-corrected chi connectivity index (χ3v) is 0. The van der Waals surface area contributed by atoms with Gasteiger partial charge in [0.15, 0.2) is 0 Å². The maximum absolute atomic E-state index is 8.29. The van der Waals surface area contributed by atoms with Gasteiger partial charge in [0.2, 0.25) is 0 Å². The molecule has 0 amide bonds. The summed E-state index contributed by atoms with van der Waals surface area (Å²) in [5.41, 5.74) is 0. The van der Waals surface area contributed by atoms with Crippen molar-refractivity contribution in [3.8, 4) is 12.8 Å². The van der Waals surface area contributed by atoms with Gasteiger partial charge in [-0.3, -0.25) is 0 Å². The first-order chi connectivity index (χ1) is 2.41. The molecule has 0 fully saturated rings. The molecule has 28 valence electrons. The number of rotatable bonds is 0. The van der Waals surface area contributed by atoms with Crippen LogP contribution in [0, 0.1) is 12.8 Å². The maximum Gasteiger partial charge on any atom is 0.335 e. The average molecular weight is 90.1 g/mol. The van der Waals surface area contributed by atoms with Crippen molar-refractivity contribution in [3.63, 3.8) is 0 Å². The van der Waals surface area contributed by atoms with Crippen LogP contribution in [0.2, 0.25) is 0 Å². The average Bonchev–Trinajstić information content (AvgIpc) is 1.46. The lowest BCUT2D eigenvalue weighted by Crippen LogP contribution is -1.18. The first kappa shape index (κ1) is 8.83. The largest absolute Gasteiger partial charge is 0.335 e. The van der Waals surface area contributed by atoms with Crippen molar-refractivity contribution >= 4 is 11.6 Å². The van der Waals surface area contributed by atoms with Gasteiger partial charge >= 0.3 is 11.6 Å². The van der Waals surface area contributed by atoms with Gasteiger partial charge in [-0.05, 0) is 0 Å². The summed E-state index contributed by atoms with van der Waals surface area (Å²) < 4.78 is 16.6. The van der Waals surface area contributed by atoms with Crippen molar-refractivity contribution in [1.82, 2.24) is 0 Å². The lowest BCUT2D eigenvalue weighted by atomic mass is 11.4. The van der Waals surface area contributed by atoms with E-state index in [-0.39, 0.29) is 0 Å². The molecule has 0 saturated heterocycles. The van der Waals surface area contributed by atoms with Crippen molar-refractivity contribution in [2.45, 2.75) is 0 Å². The normalized spacial score (nSPS) is 2.80. The first-order valence-corrected chi connectivity index (χ1v) is 1.33. The van der Waals surface area contributed by atoms with Gasteiger partial charge in [-0.2, -0.15) is 8.42 Å². The monoisotopic (exact) mass is 90.0 g/mol. The zero-order chi connectivity index (χ0) is 4.71. The Hall–Kier alpha value is -0.620. The SMILES string of the molecule is C#C.O=S=O. The van der Waals surface area contributed by atoms with Gasteiger partial charge in [0.05, 0.1) is 0 Å². The molecule has 0 aliphatic rings. The molecule has 0 aromatic rings. The molecule has 0 aliphatic heterocycles. The van der Waals surface area contributed by atoms with E-state index in [9.17, 15) is 0 Å². The molecule has 3 heteroatoms. The zero-order valence-electron chi connectivity index (χ0n) is 2.38. The van der Waals surface area contributed by atoms with Crippen molar-refractivity contribution in [2.24, 2.45) is 0 Å². The summed E-state index contributed by atoms with van der Waals surface area (Å²) in [5, 5.41) is 0. The molecule has 0 atom stereocenters. The highest BCUT2D eigenvalue weighted by Crippen LogP contribution is 0.846. The Morgan fingerprint density at radius 3 is 1.20 bits per heavy atom. The Morgan fingerprint density at radius 2 is 1.20 bits per heavy atom. The minimum absolute atomic E-state index is 0.750. The fraction of sp³-hybridized carbons (Fsp3) is 0. The number of hydrogen-bond acceptors (Lipinski definition) is 2. The molecule has 0 N–H and O–H groups in total. The van der Waals surface area contributed by atoms with E-state index in [4.69, 9.17) is 8.42 Å². The Kier molecular flexibility index (Phi) is 234. The van der Waals surface area contributed by atoms with Crippen molar-refractivity contribution < 1.29 is 8.42 Å². The summed E-state index contributed by atoms with van der Waals surface area (Å²) in [6, 6.07) is 0. The smallest absolute Gasteiger partial charge is 0.168 e. The predicted octanol–water partition coefficient (Wildman–Crippen LogP) is -0.421. The molecule has 0 spiro atoms. The Labute approximate surface area is 33.8 Å². The lowest BCUT2D eigenvalue weighted by molar-refractivity contribution is 0.630. The van der Waals surface area contributed by atoms with Gasteiger partial charge in [-0.1, -0.05) is 0 Å². The highest BCUT2D eigenvalue weighted by Gasteiger charge is 1.12. The second kappa shape index (κ2) is 133. The molecule has 0 rings (SSSR count). The summed E-state index contributed by atoms with van der Waals surface area (Å²) in [5.74, 6) is 0. The van der Waals surface area contributed by atoms with Crippen LogP contribution in [0.5, 0.6) is 0 Å². The van der Waals surface area contributed by atoms with Gasteiger partial charge in [0.1, 0.15) is 0 Å². The number of terminal acetylenes is 1. The van der Waals surface area contributed by atoms with Crippen molar-refractivity contribution in [1.29, 1.82) is 0 Å². The molecule has 0 heterocycles. The Bertz CT molecular complexity index is 49.9. The summed E-state index contributed by atoms with van der Waals surface area (Å²) in [6.07, 6.45) is 8.00. The van der Waals surface area contributed by atoms with Crippen molar-refractivity contribution in [2.75, 3.05) is 0 Å². The van der Waals surface area contributed by atoms with Crippen LogP contribution in [0.15, 0.2) is 0 Å². The van der Waals surface area contributed by atoms with E-state index in [2.05, 4.69) is 12.8 Å². The van der Waals surface area contributed by atoms with E-state index < -0.39 is 11.6 Å². The predicted molar refractivity (Wildman–Crippen MR) is 18.8 cm³/mol. The summed E-state index contributed by atoms with van der Waals surface area (Å²) in [4.78, 5) is 0. The lowest BCUT2D eigenvalue weighted by Gasteiger charge is -0.947. The molecule has 0 radical (unpaired) electrons.